The fourth-order valence-electron chi connectivity index (χ4n) is 0.994. The van der Waals surface area contributed by atoms with Crippen LogP contribution >= 0.6 is 0 Å². The van der Waals surface area contributed by atoms with Gasteiger partial charge in [-0.05, 0) is 18.1 Å². The molecule has 0 saturated heterocycles. The number of aromatic hydroxyl groups is 1. The molecule has 0 aliphatic rings. The number of nitro groups is 1. The molecule has 4 heteroatoms. The zero-order valence-corrected chi connectivity index (χ0v) is 6.93. The van der Waals surface area contributed by atoms with Crippen molar-refractivity contribution in [3.63, 3.8) is 0 Å². The van der Waals surface area contributed by atoms with Crippen LogP contribution in [0.5, 0.6) is 5.75 Å². The van der Waals surface area contributed by atoms with Crippen LogP contribution in [-0.4, -0.2) is 10.0 Å². The summed E-state index contributed by atoms with van der Waals surface area (Å²) in [5.41, 5.74) is 0.533. The Morgan fingerprint density at radius 3 is 2.77 bits per heavy atom. The van der Waals surface area contributed by atoms with Gasteiger partial charge in [-0.2, -0.15) is 0 Å². The van der Waals surface area contributed by atoms with Crippen molar-refractivity contribution < 1.29 is 10.0 Å². The molecule has 0 bridgehead atoms. The Bertz CT molecular complexity index is 347. The maximum atomic E-state index is 10.3. The van der Waals surface area contributed by atoms with E-state index in [-0.39, 0.29) is 11.4 Å². The predicted octanol–water partition coefficient (Wildman–Crippen LogP) is 2.03. The maximum absolute atomic E-state index is 10.3. The van der Waals surface area contributed by atoms with E-state index in [9.17, 15) is 15.2 Å². The van der Waals surface area contributed by atoms with E-state index in [0.29, 0.717) is 12.0 Å². The molecule has 0 aromatic heterocycles. The number of allylic oxidation sites excluding steroid dienone is 1. The fraction of sp³-hybridized carbons (Fsp3) is 0.111. The average Bonchev–Trinajstić information content (AvgIpc) is 2.08. The van der Waals surface area contributed by atoms with Crippen LogP contribution in [0.1, 0.15) is 5.56 Å². The lowest BCUT2D eigenvalue weighted by atomic mass is 10.1. The first-order chi connectivity index (χ1) is 6.15. The zero-order chi connectivity index (χ0) is 9.84. The number of rotatable bonds is 3. The molecule has 0 fully saturated rings. The van der Waals surface area contributed by atoms with Gasteiger partial charge in [-0.25, -0.2) is 0 Å². The largest absolute Gasteiger partial charge is 0.507 e. The van der Waals surface area contributed by atoms with E-state index >= 15 is 0 Å². The molecule has 0 atom stereocenters. The molecular formula is C9H9NO3. The Morgan fingerprint density at radius 1 is 1.62 bits per heavy atom. The molecule has 13 heavy (non-hydrogen) atoms. The average molecular weight is 179 g/mol. The summed E-state index contributed by atoms with van der Waals surface area (Å²) in [7, 11) is 0. The number of nitrogens with zero attached hydrogens (tertiary/aromatic N) is 1. The Kier molecular flexibility index (Phi) is 2.64. The summed E-state index contributed by atoms with van der Waals surface area (Å²) in [6, 6.07) is 4.02. The van der Waals surface area contributed by atoms with E-state index in [1.165, 1.54) is 12.1 Å². The lowest BCUT2D eigenvalue weighted by molar-refractivity contribution is -0.384. The minimum absolute atomic E-state index is 0.0610. The second-order valence-corrected chi connectivity index (χ2v) is 2.56. The fourth-order valence-corrected chi connectivity index (χ4v) is 0.994. The first-order valence-electron chi connectivity index (χ1n) is 3.72. The first-order valence-corrected chi connectivity index (χ1v) is 3.72. The maximum Gasteiger partial charge on any atom is 0.273 e. The van der Waals surface area contributed by atoms with Gasteiger partial charge in [0.2, 0.25) is 0 Å². The van der Waals surface area contributed by atoms with Crippen LogP contribution in [0.25, 0.3) is 0 Å². The van der Waals surface area contributed by atoms with Gasteiger partial charge in [0, 0.05) is 6.07 Å². The highest BCUT2D eigenvalue weighted by molar-refractivity contribution is 5.44. The summed E-state index contributed by atoms with van der Waals surface area (Å²) in [5, 5.41) is 19.6. The van der Waals surface area contributed by atoms with Crippen LogP contribution in [0, 0.1) is 10.1 Å². The number of nitro benzene ring substituents is 1. The molecular weight excluding hydrogens is 170 g/mol. The van der Waals surface area contributed by atoms with E-state index in [0.717, 1.165) is 6.07 Å². The lowest BCUT2D eigenvalue weighted by Crippen LogP contribution is -1.89. The van der Waals surface area contributed by atoms with Crippen LogP contribution in [-0.2, 0) is 6.42 Å². The first kappa shape index (κ1) is 9.25. The molecule has 0 saturated carbocycles. The number of benzene rings is 1. The van der Waals surface area contributed by atoms with Gasteiger partial charge >= 0.3 is 0 Å². The summed E-state index contributed by atoms with van der Waals surface area (Å²) in [4.78, 5) is 9.75. The third kappa shape index (κ3) is 2.05. The van der Waals surface area contributed by atoms with Gasteiger partial charge in [-0.1, -0.05) is 6.08 Å². The van der Waals surface area contributed by atoms with E-state index in [1.807, 2.05) is 0 Å². The Labute approximate surface area is 75.3 Å². The topological polar surface area (TPSA) is 63.4 Å². The van der Waals surface area contributed by atoms with Crippen LogP contribution < -0.4 is 0 Å². The van der Waals surface area contributed by atoms with Gasteiger partial charge in [-0.3, -0.25) is 10.1 Å². The van der Waals surface area contributed by atoms with Gasteiger partial charge in [0.05, 0.1) is 11.0 Å². The number of hydrogen-bond donors (Lipinski definition) is 1. The summed E-state index contributed by atoms with van der Waals surface area (Å²) in [5.74, 6) is -0.0610. The lowest BCUT2D eigenvalue weighted by Gasteiger charge is -1.99. The van der Waals surface area contributed by atoms with Crippen LogP contribution in [0.2, 0.25) is 0 Å². The Balaban J connectivity index is 3.04. The molecule has 68 valence electrons. The van der Waals surface area contributed by atoms with Crippen molar-refractivity contribution in [1.82, 2.24) is 0 Å². The number of hydrogen-bond acceptors (Lipinski definition) is 3. The molecule has 0 spiro atoms. The number of non-ortho nitro benzene ring substituents is 1. The molecule has 0 heterocycles. The zero-order valence-electron chi connectivity index (χ0n) is 6.93. The van der Waals surface area contributed by atoms with Gasteiger partial charge in [0.25, 0.3) is 5.69 Å². The number of phenolic OH excluding ortho intramolecular Hbond substituents is 1. The molecule has 0 radical (unpaired) electrons. The monoisotopic (exact) mass is 179 g/mol. The highest BCUT2D eigenvalue weighted by Crippen LogP contribution is 2.23. The molecule has 0 aliphatic carbocycles. The standard InChI is InChI=1S/C9H9NO3/c1-2-3-7-4-5-8(10(12)13)6-9(7)11/h2,4-6,11H,1,3H2. The smallest absolute Gasteiger partial charge is 0.273 e. The van der Waals surface area contributed by atoms with Crippen LogP contribution in [0.15, 0.2) is 30.9 Å². The van der Waals surface area contributed by atoms with Crippen molar-refractivity contribution in [3.05, 3.63) is 46.5 Å². The third-order valence-corrected chi connectivity index (χ3v) is 1.64. The Hall–Kier alpha value is -1.84. The molecule has 1 aromatic carbocycles. The SMILES string of the molecule is C=CCc1ccc([N+](=O)[O-])cc1O. The van der Waals surface area contributed by atoms with Crippen molar-refractivity contribution >= 4 is 5.69 Å². The quantitative estimate of drug-likeness (QED) is 0.438. The van der Waals surface area contributed by atoms with Crippen molar-refractivity contribution in [3.8, 4) is 5.75 Å². The molecule has 0 unspecified atom stereocenters. The van der Waals surface area contributed by atoms with Crippen molar-refractivity contribution in [2.75, 3.05) is 0 Å². The van der Waals surface area contributed by atoms with Gasteiger partial charge < -0.3 is 5.11 Å². The van der Waals surface area contributed by atoms with Crippen LogP contribution in [0.4, 0.5) is 5.69 Å². The van der Waals surface area contributed by atoms with Crippen molar-refractivity contribution in [2.24, 2.45) is 0 Å². The van der Waals surface area contributed by atoms with E-state index < -0.39 is 4.92 Å². The van der Waals surface area contributed by atoms with Gasteiger partial charge in [-0.15, -0.1) is 6.58 Å². The van der Waals surface area contributed by atoms with Crippen molar-refractivity contribution in [1.29, 1.82) is 0 Å². The normalized spacial score (nSPS) is 9.54. The molecule has 0 aliphatic heterocycles. The summed E-state index contributed by atoms with van der Waals surface area (Å²) in [6.07, 6.45) is 2.13. The molecule has 1 rings (SSSR count). The number of phenols is 1. The second kappa shape index (κ2) is 3.71. The second-order valence-electron chi connectivity index (χ2n) is 2.56. The van der Waals surface area contributed by atoms with Gasteiger partial charge in [0.1, 0.15) is 5.75 Å². The highest BCUT2D eigenvalue weighted by atomic mass is 16.6. The van der Waals surface area contributed by atoms with E-state index in [1.54, 1.807) is 6.08 Å². The Morgan fingerprint density at radius 2 is 2.31 bits per heavy atom. The predicted molar refractivity (Wildman–Crippen MR) is 48.7 cm³/mol. The minimum atomic E-state index is -0.544. The minimum Gasteiger partial charge on any atom is -0.507 e. The summed E-state index contributed by atoms with van der Waals surface area (Å²) >= 11 is 0. The van der Waals surface area contributed by atoms with Gasteiger partial charge in [0.15, 0.2) is 0 Å². The summed E-state index contributed by atoms with van der Waals surface area (Å²) < 4.78 is 0. The molecule has 0 amide bonds. The van der Waals surface area contributed by atoms with E-state index in [4.69, 9.17) is 0 Å². The van der Waals surface area contributed by atoms with Crippen LogP contribution in [0.3, 0.4) is 0 Å². The van der Waals surface area contributed by atoms with Crippen molar-refractivity contribution in [2.45, 2.75) is 6.42 Å². The third-order valence-electron chi connectivity index (χ3n) is 1.64. The molecule has 1 aromatic rings. The molecule has 1 N–H and O–H groups in total. The highest BCUT2D eigenvalue weighted by Gasteiger charge is 2.08. The van der Waals surface area contributed by atoms with E-state index in [2.05, 4.69) is 6.58 Å². The summed E-state index contributed by atoms with van der Waals surface area (Å²) in [6.45, 7) is 3.51. The molecule has 4 nitrogen and oxygen atoms in total.